The minimum absolute atomic E-state index is 0.790. The van der Waals surface area contributed by atoms with Gasteiger partial charge in [0.2, 0.25) is 0 Å². The van der Waals surface area contributed by atoms with E-state index in [0.717, 1.165) is 54.8 Å². The summed E-state index contributed by atoms with van der Waals surface area (Å²) in [5, 5.41) is 3.48. The molecular formula is C18H26N6. The molecule has 2 aromatic rings. The summed E-state index contributed by atoms with van der Waals surface area (Å²) in [5.41, 5.74) is 3.22. The van der Waals surface area contributed by atoms with Crippen molar-refractivity contribution in [2.45, 2.75) is 13.0 Å². The topological polar surface area (TPSA) is 47.5 Å². The van der Waals surface area contributed by atoms with E-state index in [4.69, 9.17) is 4.98 Å². The molecule has 0 unspecified atom stereocenters. The van der Waals surface area contributed by atoms with Crippen LogP contribution in [-0.2, 0) is 6.54 Å². The molecule has 24 heavy (non-hydrogen) atoms. The van der Waals surface area contributed by atoms with Gasteiger partial charge in [0.15, 0.2) is 11.6 Å². The molecule has 128 valence electrons. The molecule has 2 aromatic heterocycles. The maximum Gasteiger partial charge on any atom is 0.157 e. The van der Waals surface area contributed by atoms with Crippen molar-refractivity contribution >= 4 is 23.0 Å². The van der Waals surface area contributed by atoms with Gasteiger partial charge in [-0.3, -0.25) is 0 Å². The number of aromatic nitrogens is 2. The van der Waals surface area contributed by atoms with Gasteiger partial charge in [-0.05, 0) is 57.9 Å². The maximum atomic E-state index is 4.86. The Kier molecular flexibility index (Phi) is 4.97. The largest absolute Gasteiger partial charge is 0.325 e. The zero-order chi connectivity index (χ0) is 17.1. The first kappa shape index (κ1) is 16.7. The molecule has 0 atom stereocenters. The number of hydrogen-bond donors (Lipinski definition) is 1. The highest BCUT2D eigenvalue weighted by Crippen LogP contribution is 2.43. The van der Waals surface area contributed by atoms with E-state index in [1.54, 1.807) is 0 Å². The Morgan fingerprint density at radius 2 is 1.79 bits per heavy atom. The normalized spacial score (nSPS) is 13.2. The third-order valence-electron chi connectivity index (χ3n) is 4.30. The van der Waals surface area contributed by atoms with Gasteiger partial charge in [-0.2, -0.15) is 0 Å². The molecule has 3 rings (SSSR count). The number of nitrogens with zero attached hydrogens (tertiary/aromatic N) is 5. The second-order valence-corrected chi connectivity index (χ2v) is 6.44. The fourth-order valence-electron chi connectivity index (χ4n) is 2.96. The molecule has 0 aromatic carbocycles. The van der Waals surface area contributed by atoms with Crippen LogP contribution in [0.15, 0.2) is 30.5 Å². The van der Waals surface area contributed by atoms with Crippen molar-refractivity contribution < 1.29 is 0 Å². The lowest BCUT2D eigenvalue weighted by atomic mass is 10.2. The minimum Gasteiger partial charge on any atom is -0.325 e. The molecule has 0 radical (unpaired) electrons. The van der Waals surface area contributed by atoms with Crippen LogP contribution in [0.25, 0.3) is 0 Å². The Hall–Kier alpha value is -2.18. The van der Waals surface area contributed by atoms with Crippen molar-refractivity contribution in [3.63, 3.8) is 0 Å². The summed E-state index contributed by atoms with van der Waals surface area (Å²) in [7, 11) is 8.29. The van der Waals surface area contributed by atoms with Crippen LogP contribution < -0.4 is 15.1 Å². The predicted octanol–water partition coefficient (Wildman–Crippen LogP) is 2.37. The summed E-state index contributed by atoms with van der Waals surface area (Å²) in [5.74, 6) is 1.94. The standard InChI is InChI=1S/C18H26N6/c1-22(2)12-6-10-19-13-14-8-9-16-18(21-14)24(4)15-7-5-11-20-17(15)23(16)3/h5,7-9,11,19H,6,10,12-13H2,1-4H3. The average molecular weight is 326 g/mol. The summed E-state index contributed by atoms with van der Waals surface area (Å²) < 4.78 is 0. The Balaban J connectivity index is 1.71. The Bertz CT molecular complexity index is 700. The van der Waals surface area contributed by atoms with Crippen LogP contribution in [-0.4, -0.2) is 56.1 Å². The second-order valence-electron chi connectivity index (χ2n) is 6.44. The zero-order valence-electron chi connectivity index (χ0n) is 15.0. The first-order valence-electron chi connectivity index (χ1n) is 8.36. The smallest absolute Gasteiger partial charge is 0.157 e. The molecule has 0 spiro atoms. The number of hydrogen-bond acceptors (Lipinski definition) is 6. The SMILES string of the molecule is CN(C)CCCNCc1ccc2c(n1)N(C)c1cccnc1N2C. The van der Waals surface area contributed by atoms with E-state index >= 15 is 0 Å². The molecule has 0 saturated carbocycles. The molecule has 1 aliphatic heterocycles. The number of anilines is 4. The molecule has 0 fully saturated rings. The summed E-state index contributed by atoms with van der Waals surface area (Å²) in [4.78, 5) is 15.8. The van der Waals surface area contributed by atoms with Crippen molar-refractivity contribution in [1.29, 1.82) is 0 Å². The Morgan fingerprint density at radius 3 is 2.58 bits per heavy atom. The third-order valence-corrected chi connectivity index (χ3v) is 4.30. The quantitative estimate of drug-likeness (QED) is 0.823. The van der Waals surface area contributed by atoms with Gasteiger partial charge in [-0.15, -0.1) is 0 Å². The molecule has 1 N–H and O–H groups in total. The van der Waals surface area contributed by atoms with E-state index in [1.807, 2.05) is 26.4 Å². The first-order chi connectivity index (χ1) is 11.6. The van der Waals surface area contributed by atoms with E-state index < -0.39 is 0 Å². The van der Waals surface area contributed by atoms with Crippen molar-refractivity contribution in [3.05, 3.63) is 36.2 Å². The fraction of sp³-hybridized carbons (Fsp3) is 0.444. The van der Waals surface area contributed by atoms with Crippen LogP contribution >= 0.6 is 0 Å². The number of fused-ring (bicyclic) bond motifs is 2. The van der Waals surface area contributed by atoms with Crippen molar-refractivity contribution in [3.8, 4) is 0 Å². The molecule has 1 aliphatic rings. The van der Waals surface area contributed by atoms with Crippen LogP contribution in [0.5, 0.6) is 0 Å². The maximum absolute atomic E-state index is 4.86. The minimum atomic E-state index is 0.790. The number of nitrogens with one attached hydrogen (secondary N) is 1. The lowest BCUT2D eigenvalue weighted by molar-refractivity contribution is 0.394. The monoisotopic (exact) mass is 326 g/mol. The summed E-state index contributed by atoms with van der Waals surface area (Å²) >= 11 is 0. The van der Waals surface area contributed by atoms with Gasteiger partial charge in [-0.25, -0.2) is 9.97 Å². The lowest BCUT2D eigenvalue weighted by Crippen LogP contribution is -2.27. The van der Waals surface area contributed by atoms with E-state index in [2.05, 4.69) is 57.3 Å². The van der Waals surface area contributed by atoms with Crippen LogP contribution in [0.2, 0.25) is 0 Å². The van der Waals surface area contributed by atoms with Gasteiger partial charge in [0, 0.05) is 26.8 Å². The zero-order valence-corrected chi connectivity index (χ0v) is 15.0. The summed E-state index contributed by atoms with van der Waals surface area (Å²) in [6.45, 7) is 2.89. The highest BCUT2D eigenvalue weighted by Gasteiger charge is 2.26. The highest BCUT2D eigenvalue weighted by molar-refractivity contribution is 5.88. The second kappa shape index (κ2) is 7.15. The van der Waals surface area contributed by atoms with Gasteiger partial charge in [0.05, 0.1) is 17.1 Å². The molecule has 6 heteroatoms. The van der Waals surface area contributed by atoms with Gasteiger partial charge in [0.25, 0.3) is 0 Å². The Morgan fingerprint density at radius 1 is 1.04 bits per heavy atom. The van der Waals surface area contributed by atoms with Crippen LogP contribution in [0.4, 0.5) is 23.0 Å². The third kappa shape index (κ3) is 3.34. The average Bonchev–Trinajstić information content (AvgIpc) is 2.59. The predicted molar refractivity (Wildman–Crippen MR) is 99.5 cm³/mol. The summed E-state index contributed by atoms with van der Waals surface area (Å²) in [6, 6.07) is 8.27. The Labute approximate surface area is 144 Å². The van der Waals surface area contributed by atoms with Gasteiger partial charge in [-0.1, -0.05) is 0 Å². The number of pyridine rings is 2. The fourth-order valence-corrected chi connectivity index (χ4v) is 2.96. The summed E-state index contributed by atoms with van der Waals surface area (Å²) in [6.07, 6.45) is 2.97. The molecular weight excluding hydrogens is 300 g/mol. The van der Waals surface area contributed by atoms with E-state index in [9.17, 15) is 0 Å². The van der Waals surface area contributed by atoms with E-state index in [0.29, 0.717) is 0 Å². The molecule has 0 saturated heterocycles. The van der Waals surface area contributed by atoms with Crippen LogP contribution in [0.1, 0.15) is 12.1 Å². The molecule has 0 bridgehead atoms. The van der Waals surface area contributed by atoms with Crippen molar-refractivity contribution in [2.24, 2.45) is 0 Å². The van der Waals surface area contributed by atoms with Gasteiger partial charge in [0.1, 0.15) is 0 Å². The van der Waals surface area contributed by atoms with E-state index in [-0.39, 0.29) is 0 Å². The lowest BCUT2D eigenvalue weighted by Gasteiger charge is -2.34. The van der Waals surface area contributed by atoms with Gasteiger partial charge >= 0.3 is 0 Å². The van der Waals surface area contributed by atoms with E-state index in [1.165, 1.54) is 0 Å². The van der Waals surface area contributed by atoms with Gasteiger partial charge < -0.3 is 20.0 Å². The molecule has 3 heterocycles. The number of rotatable bonds is 6. The molecule has 0 aliphatic carbocycles. The van der Waals surface area contributed by atoms with Crippen molar-refractivity contribution in [1.82, 2.24) is 20.2 Å². The molecule has 0 amide bonds. The van der Waals surface area contributed by atoms with Crippen LogP contribution in [0, 0.1) is 0 Å². The van der Waals surface area contributed by atoms with Crippen molar-refractivity contribution in [2.75, 3.05) is 51.1 Å². The highest BCUT2D eigenvalue weighted by atomic mass is 15.3. The molecule has 6 nitrogen and oxygen atoms in total. The van der Waals surface area contributed by atoms with Crippen LogP contribution in [0.3, 0.4) is 0 Å². The first-order valence-corrected chi connectivity index (χ1v) is 8.36.